The van der Waals surface area contributed by atoms with Gasteiger partial charge in [0.25, 0.3) is 0 Å². The molecule has 0 aromatic heterocycles. The first-order chi connectivity index (χ1) is 13.9. The zero-order valence-electron chi connectivity index (χ0n) is 17.5. The van der Waals surface area contributed by atoms with Gasteiger partial charge in [0, 0.05) is 0 Å². The first kappa shape index (κ1) is 21.9. The molecule has 0 N–H and O–H groups in total. The average molecular weight is 469 g/mol. The van der Waals surface area contributed by atoms with Crippen molar-refractivity contribution in [1.29, 1.82) is 0 Å². The maximum atomic E-state index is 13.3. The van der Waals surface area contributed by atoms with Crippen LogP contribution in [0.3, 0.4) is 0 Å². The molecule has 1 nitrogen and oxygen atoms in total. The third-order valence-corrected chi connectivity index (χ3v) is 14.3. The summed E-state index contributed by atoms with van der Waals surface area (Å²) in [6.07, 6.45) is 2.63. The summed E-state index contributed by atoms with van der Waals surface area (Å²) in [7, 11) is 0. The van der Waals surface area contributed by atoms with Gasteiger partial charge in [0.05, 0.1) is 0 Å². The first-order valence-corrected chi connectivity index (χ1v) is 15.0. The summed E-state index contributed by atoms with van der Waals surface area (Å²) in [5.41, 5.74) is 0.848. The molecule has 1 atom stereocenters. The monoisotopic (exact) mass is 468 g/mol. The molecule has 0 saturated heterocycles. The molecule has 3 rings (SSSR count). The number of halogens is 1. The minimum absolute atomic E-state index is 0.239. The summed E-state index contributed by atoms with van der Waals surface area (Å²) < 4.78 is 0. The fourth-order valence-corrected chi connectivity index (χ4v) is 10.1. The van der Waals surface area contributed by atoms with Crippen molar-refractivity contribution in [3.05, 3.63) is 90.5 Å². The van der Waals surface area contributed by atoms with E-state index in [1.165, 1.54) is 10.6 Å². The third-order valence-electron chi connectivity index (χ3n) is 6.08. The third kappa shape index (κ3) is 4.25. The standard InChI is InChI=1S/C26H30BrOP/c1-4-21(2)19-20-25(28)24-17-11-12-18-26(24)29(3,27,22-13-7-5-8-14-22)23-15-9-6-10-16-23/h5-18,21H,4,19-20H2,1-3H3. The topological polar surface area (TPSA) is 17.1 Å². The van der Waals surface area contributed by atoms with E-state index < -0.39 is 5.31 Å². The van der Waals surface area contributed by atoms with Crippen LogP contribution < -0.4 is 15.9 Å². The van der Waals surface area contributed by atoms with Crippen LogP contribution in [0.4, 0.5) is 0 Å². The van der Waals surface area contributed by atoms with E-state index in [9.17, 15) is 4.79 Å². The van der Waals surface area contributed by atoms with Crippen LogP contribution in [0.5, 0.6) is 0 Å². The van der Waals surface area contributed by atoms with Crippen molar-refractivity contribution in [3.8, 4) is 0 Å². The van der Waals surface area contributed by atoms with Crippen LogP contribution in [0.15, 0.2) is 84.9 Å². The van der Waals surface area contributed by atoms with Gasteiger partial charge in [0.1, 0.15) is 0 Å². The summed E-state index contributed by atoms with van der Waals surface area (Å²) in [5, 5.41) is 0.606. The molecule has 3 heteroatoms. The second-order valence-corrected chi connectivity index (χ2v) is 17.8. The van der Waals surface area contributed by atoms with E-state index in [-0.39, 0.29) is 5.78 Å². The predicted octanol–water partition coefficient (Wildman–Crippen LogP) is 6.46. The van der Waals surface area contributed by atoms with Crippen LogP contribution in [0.25, 0.3) is 0 Å². The van der Waals surface area contributed by atoms with Gasteiger partial charge in [-0.1, -0.05) is 0 Å². The molecule has 0 aliphatic heterocycles. The number of carbonyl (C=O) groups is 1. The molecule has 29 heavy (non-hydrogen) atoms. The molecule has 152 valence electrons. The summed E-state index contributed by atoms with van der Waals surface area (Å²) in [6, 6.07) is 29.3. The van der Waals surface area contributed by atoms with Gasteiger partial charge in [0.2, 0.25) is 0 Å². The zero-order chi connectivity index (χ0) is 20.9. The van der Waals surface area contributed by atoms with Crippen LogP contribution in [-0.2, 0) is 0 Å². The molecule has 0 bridgehead atoms. The van der Waals surface area contributed by atoms with Crippen molar-refractivity contribution in [3.63, 3.8) is 0 Å². The molecule has 0 heterocycles. The van der Waals surface area contributed by atoms with E-state index >= 15 is 0 Å². The minimum atomic E-state index is -2.97. The second-order valence-electron chi connectivity index (χ2n) is 8.09. The second kappa shape index (κ2) is 8.94. The van der Waals surface area contributed by atoms with E-state index in [1.807, 2.05) is 24.3 Å². The molecular weight excluding hydrogens is 439 g/mol. The SMILES string of the molecule is CCC(C)CCC(=O)c1ccccc1P(C)(Br)(c1ccccc1)c1ccccc1. The molecule has 3 aromatic carbocycles. The summed E-state index contributed by atoms with van der Waals surface area (Å²) >= 11 is 4.31. The van der Waals surface area contributed by atoms with E-state index in [4.69, 9.17) is 0 Å². The molecule has 0 radical (unpaired) electrons. The van der Waals surface area contributed by atoms with Crippen molar-refractivity contribution < 1.29 is 4.79 Å². The van der Waals surface area contributed by atoms with Crippen LogP contribution in [0.1, 0.15) is 43.5 Å². The molecule has 3 aromatic rings. The van der Waals surface area contributed by atoms with E-state index in [0.29, 0.717) is 12.3 Å². The maximum absolute atomic E-state index is 13.3. The van der Waals surface area contributed by atoms with Crippen molar-refractivity contribution >= 4 is 42.5 Å². The van der Waals surface area contributed by atoms with Gasteiger partial charge < -0.3 is 0 Å². The number of Topliss-reactive ketones (excluding diaryl/α,β-unsaturated/α-hetero) is 1. The molecule has 0 aliphatic carbocycles. The normalized spacial score (nSPS) is 14.0. The van der Waals surface area contributed by atoms with Crippen molar-refractivity contribution in [2.24, 2.45) is 5.92 Å². The molecule has 1 unspecified atom stereocenters. The summed E-state index contributed by atoms with van der Waals surface area (Å²) in [4.78, 5) is 13.3. The Bertz CT molecular complexity index is 923. The Hall–Kier alpha value is -1.76. The van der Waals surface area contributed by atoms with Gasteiger partial charge in [-0.15, -0.1) is 0 Å². The van der Waals surface area contributed by atoms with Crippen LogP contribution in [0, 0.1) is 5.92 Å². The van der Waals surface area contributed by atoms with E-state index in [2.05, 4.69) is 96.7 Å². The van der Waals surface area contributed by atoms with Crippen LogP contribution in [0.2, 0.25) is 0 Å². The molecular formula is C26H30BrOP. The van der Waals surface area contributed by atoms with Crippen molar-refractivity contribution in [2.45, 2.75) is 33.1 Å². The Kier molecular flexibility index (Phi) is 6.76. The van der Waals surface area contributed by atoms with Gasteiger partial charge in [-0.25, -0.2) is 0 Å². The predicted molar refractivity (Wildman–Crippen MR) is 133 cm³/mol. The Morgan fingerprint density at radius 1 is 0.862 bits per heavy atom. The molecule has 0 fully saturated rings. The van der Waals surface area contributed by atoms with Crippen molar-refractivity contribution in [2.75, 3.05) is 6.66 Å². The van der Waals surface area contributed by atoms with Gasteiger partial charge >= 0.3 is 183 Å². The average Bonchev–Trinajstić information content (AvgIpc) is 2.78. The number of hydrogen-bond acceptors (Lipinski definition) is 1. The van der Waals surface area contributed by atoms with E-state index in [1.54, 1.807) is 0 Å². The molecule has 0 amide bonds. The Labute approximate surface area is 183 Å². The quantitative estimate of drug-likeness (QED) is 0.273. The Morgan fingerprint density at radius 2 is 1.34 bits per heavy atom. The number of benzene rings is 3. The Morgan fingerprint density at radius 3 is 1.86 bits per heavy atom. The van der Waals surface area contributed by atoms with Crippen LogP contribution >= 0.6 is 20.8 Å². The molecule has 0 aliphatic rings. The van der Waals surface area contributed by atoms with E-state index in [0.717, 1.165) is 23.7 Å². The Balaban J connectivity index is 2.21. The molecule has 0 saturated carbocycles. The van der Waals surface area contributed by atoms with Crippen molar-refractivity contribution in [1.82, 2.24) is 0 Å². The summed E-state index contributed by atoms with van der Waals surface area (Å²) in [6.45, 7) is 6.71. The fourth-order valence-electron chi connectivity index (χ4n) is 3.88. The molecule has 0 spiro atoms. The van der Waals surface area contributed by atoms with Gasteiger partial charge in [-0.2, -0.15) is 0 Å². The van der Waals surface area contributed by atoms with Gasteiger partial charge in [-0.05, 0) is 0 Å². The zero-order valence-corrected chi connectivity index (χ0v) is 20.0. The van der Waals surface area contributed by atoms with Gasteiger partial charge in [-0.3, -0.25) is 0 Å². The first-order valence-electron chi connectivity index (χ1n) is 10.3. The number of ketones is 1. The summed E-state index contributed by atoms with van der Waals surface area (Å²) in [5.74, 6) is 0.804. The van der Waals surface area contributed by atoms with Crippen LogP contribution in [-0.4, -0.2) is 12.4 Å². The number of carbonyl (C=O) groups excluding carboxylic acids is 1. The fraction of sp³-hybridized carbons (Fsp3) is 0.269. The number of hydrogen-bond donors (Lipinski definition) is 0. The van der Waals surface area contributed by atoms with Gasteiger partial charge in [0.15, 0.2) is 0 Å². The number of rotatable bonds is 8.